The van der Waals surface area contributed by atoms with E-state index in [1.165, 1.54) is 4.68 Å². The minimum absolute atomic E-state index is 0.0930. The Hall–Kier alpha value is -2.63. The van der Waals surface area contributed by atoms with Gasteiger partial charge in [-0.2, -0.15) is 5.10 Å². The summed E-state index contributed by atoms with van der Waals surface area (Å²) in [4.78, 5) is 23.2. The smallest absolute Gasteiger partial charge is 0.272 e. The average molecular weight is 258 g/mol. The fraction of sp³-hybridized carbons (Fsp3) is 0.154. The molecule has 1 aromatic carbocycles. The van der Waals surface area contributed by atoms with Crippen LogP contribution in [0.4, 0.5) is 5.69 Å². The summed E-state index contributed by atoms with van der Waals surface area (Å²) in [6.07, 6.45) is 1.67. The molecule has 0 aliphatic heterocycles. The Morgan fingerprint density at radius 3 is 2.58 bits per heavy atom. The van der Waals surface area contributed by atoms with Crippen LogP contribution in [0, 0.1) is 0 Å². The summed E-state index contributed by atoms with van der Waals surface area (Å²) in [6.45, 7) is -0.0930. The van der Waals surface area contributed by atoms with Crippen molar-refractivity contribution in [3.05, 3.63) is 48.3 Å². The van der Waals surface area contributed by atoms with Gasteiger partial charge in [0.2, 0.25) is 5.91 Å². The molecule has 0 aliphatic carbocycles. The molecule has 0 spiro atoms. The van der Waals surface area contributed by atoms with Crippen LogP contribution < -0.4 is 10.6 Å². The van der Waals surface area contributed by atoms with Gasteiger partial charge in [0.1, 0.15) is 5.69 Å². The maximum absolute atomic E-state index is 11.6. The molecule has 2 rings (SSSR count). The summed E-state index contributed by atoms with van der Waals surface area (Å²) < 4.78 is 1.53. The normalized spacial score (nSPS) is 9.95. The number of hydrogen-bond acceptors (Lipinski definition) is 3. The fourth-order valence-electron chi connectivity index (χ4n) is 1.51. The third kappa shape index (κ3) is 3.67. The van der Waals surface area contributed by atoms with Crippen molar-refractivity contribution in [3.8, 4) is 0 Å². The average Bonchev–Trinajstić information content (AvgIpc) is 2.84. The van der Waals surface area contributed by atoms with Crippen LogP contribution >= 0.6 is 0 Å². The number of carbonyl (C=O) groups is 2. The summed E-state index contributed by atoms with van der Waals surface area (Å²) in [7, 11) is 1.72. The van der Waals surface area contributed by atoms with E-state index >= 15 is 0 Å². The van der Waals surface area contributed by atoms with Gasteiger partial charge in [0, 0.05) is 18.9 Å². The predicted octanol–water partition coefficient (Wildman–Crippen LogP) is 0.789. The number of benzene rings is 1. The molecular formula is C13H14N4O2. The lowest BCUT2D eigenvalue weighted by atomic mass is 10.3. The van der Waals surface area contributed by atoms with Crippen molar-refractivity contribution in [2.24, 2.45) is 7.05 Å². The molecule has 0 saturated heterocycles. The largest absolute Gasteiger partial charge is 0.342 e. The van der Waals surface area contributed by atoms with Gasteiger partial charge in [-0.25, -0.2) is 0 Å². The zero-order valence-corrected chi connectivity index (χ0v) is 10.5. The van der Waals surface area contributed by atoms with Gasteiger partial charge in [-0.05, 0) is 18.2 Å². The number of carbonyl (C=O) groups excluding carboxylic acids is 2. The monoisotopic (exact) mass is 258 g/mol. The van der Waals surface area contributed by atoms with Gasteiger partial charge in [-0.1, -0.05) is 18.2 Å². The minimum Gasteiger partial charge on any atom is -0.342 e. The lowest BCUT2D eigenvalue weighted by molar-refractivity contribution is -0.115. The van der Waals surface area contributed by atoms with E-state index in [0.717, 1.165) is 0 Å². The molecule has 0 saturated carbocycles. The Morgan fingerprint density at radius 1 is 1.21 bits per heavy atom. The van der Waals surface area contributed by atoms with Crippen molar-refractivity contribution in [2.45, 2.75) is 0 Å². The minimum atomic E-state index is -0.371. The first-order valence-electron chi connectivity index (χ1n) is 5.78. The molecule has 19 heavy (non-hydrogen) atoms. The van der Waals surface area contributed by atoms with Crippen molar-refractivity contribution >= 4 is 17.5 Å². The van der Waals surface area contributed by atoms with Crippen molar-refractivity contribution < 1.29 is 9.59 Å². The first-order valence-corrected chi connectivity index (χ1v) is 5.78. The van der Waals surface area contributed by atoms with E-state index in [2.05, 4.69) is 15.7 Å². The highest BCUT2D eigenvalue weighted by Gasteiger charge is 2.10. The number of nitrogens with zero attached hydrogens (tertiary/aromatic N) is 2. The highest BCUT2D eigenvalue weighted by Crippen LogP contribution is 2.04. The van der Waals surface area contributed by atoms with E-state index in [9.17, 15) is 9.59 Å². The van der Waals surface area contributed by atoms with Crippen LogP contribution in [0.5, 0.6) is 0 Å². The zero-order chi connectivity index (χ0) is 13.7. The van der Waals surface area contributed by atoms with Gasteiger partial charge in [-0.3, -0.25) is 14.3 Å². The summed E-state index contributed by atoms with van der Waals surface area (Å²) >= 11 is 0. The van der Waals surface area contributed by atoms with Crippen molar-refractivity contribution in [2.75, 3.05) is 11.9 Å². The molecule has 0 atom stereocenters. The second-order valence-electron chi connectivity index (χ2n) is 3.97. The Morgan fingerprint density at radius 2 is 1.95 bits per heavy atom. The number of aryl methyl sites for hydroxylation is 1. The number of aromatic nitrogens is 2. The van der Waals surface area contributed by atoms with Crippen molar-refractivity contribution in [1.29, 1.82) is 0 Å². The Labute approximate surface area is 110 Å². The van der Waals surface area contributed by atoms with Crippen LogP contribution in [-0.2, 0) is 11.8 Å². The second kappa shape index (κ2) is 5.81. The van der Waals surface area contributed by atoms with Gasteiger partial charge in [0.05, 0.1) is 6.54 Å². The Kier molecular flexibility index (Phi) is 3.92. The maximum Gasteiger partial charge on any atom is 0.272 e. The summed E-state index contributed by atoms with van der Waals surface area (Å²) in [5, 5.41) is 9.13. The predicted molar refractivity (Wildman–Crippen MR) is 70.6 cm³/mol. The molecule has 2 amide bonds. The second-order valence-corrected chi connectivity index (χ2v) is 3.97. The quantitative estimate of drug-likeness (QED) is 0.851. The van der Waals surface area contributed by atoms with Crippen molar-refractivity contribution in [1.82, 2.24) is 15.1 Å². The standard InChI is InChI=1S/C13H14N4O2/c1-17-8-7-11(16-17)13(19)14-9-12(18)15-10-5-3-2-4-6-10/h2-8H,9H2,1H3,(H,14,19)(H,15,18). The molecule has 0 bridgehead atoms. The van der Waals surface area contributed by atoms with Gasteiger partial charge in [-0.15, -0.1) is 0 Å². The number of amides is 2. The first kappa shape index (κ1) is 12.8. The van der Waals surface area contributed by atoms with Crippen molar-refractivity contribution in [3.63, 3.8) is 0 Å². The molecule has 1 aromatic heterocycles. The lowest BCUT2D eigenvalue weighted by Crippen LogP contribution is -2.33. The molecule has 6 nitrogen and oxygen atoms in total. The summed E-state index contributed by atoms with van der Waals surface area (Å²) in [6, 6.07) is 10.6. The molecule has 0 fully saturated rings. The van der Waals surface area contributed by atoms with E-state index in [1.807, 2.05) is 18.2 Å². The SMILES string of the molecule is Cn1ccc(C(=O)NCC(=O)Nc2ccccc2)n1. The van der Waals surface area contributed by atoms with E-state index in [4.69, 9.17) is 0 Å². The van der Waals surface area contributed by atoms with Crippen LogP contribution in [-0.4, -0.2) is 28.1 Å². The number of rotatable bonds is 4. The third-order valence-corrected chi connectivity index (χ3v) is 2.41. The van der Waals surface area contributed by atoms with Crippen LogP contribution in [0.15, 0.2) is 42.6 Å². The summed E-state index contributed by atoms with van der Waals surface area (Å²) in [5.74, 6) is -0.653. The highest BCUT2D eigenvalue weighted by atomic mass is 16.2. The molecule has 0 unspecified atom stereocenters. The number of nitrogens with one attached hydrogen (secondary N) is 2. The maximum atomic E-state index is 11.6. The van der Waals surface area contributed by atoms with Crippen LogP contribution in [0.3, 0.4) is 0 Å². The molecular weight excluding hydrogens is 244 g/mol. The lowest BCUT2D eigenvalue weighted by Gasteiger charge is -2.05. The van der Waals surface area contributed by atoms with E-state index < -0.39 is 0 Å². The molecule has 0 aliphatic rings. The Balaban J connectivity index is 1.82. The topological polar surface area (TPSA) is 76.0 Å². The van der Waals surface area contributed by atoms with E-state index in [1.54, 1.807) is 31.4 Å². The zero-order valence-electron chi connectivity index (χ0n) is 10.5. The molecule has 2 N–H and O–H groups in total. The Bertz CT molecular complexity index is 577. The molecule has 98 valence electrons. The van der Waals surface area contributed by atoms with Gasteiger partial charge < -0.3 is 10.6 Å². The number of anilines is 1. The fourth-order valence-corrected chi connectivity index (χ4v) is 1.51. The molecule has 2 aromatic rings. The highest BCUT2D eigenvalue weighted by molar-refractivity contribution is 5.98. The third-order valence-electron chi connectivity index (χ3n) is 2.41. The van der Waals surface area contributed by atoms with Crippen LogP contribution in [0.2, 0.25) is 0 Å². The number of hydrogen-bond donors (Lipinski definition) is 2. The summed E-state index contributed by atoms with van der Waals surface area (Å²) in [5.41, 5.74) is 0.981. The van der Waals surface area contributed by atoms with Gasteiger partial charge in [0.15, 0.2) is 0 Å². The molecule has 0 radical (unpaired) electrons. The first-order chi connectivity index (χ1) is 9.15. The number of para-hydroxylation sites is 1. The molecule has 1 heterocycles. The van der Waals surface area contributed by atoms with Crippen LogP contribution in [0.1, 0.15) is 10.5 Å². The van der Waals surface area contributed by atoms with Gasteiger partial charge >= 0.3 is 0 Å². The van der Waals surface area contributed by atoms with E-state index in [-0.39, 0.29) is 24.1 Å². The van der Waals surface area contributed by atoms with Gasteiger partial charge in [0.25, 0.3) is 5.91 Å². The van der Waals surface area contributed by atoms with Crippen LogP contribution in [0.25, 0.3) is 0 Å². The molecule has 6 heteroatoms. The van der Waals surface area contributed by atoms with E-state index in [0.29, 0.717) is 5.69 Å².